The second kappa shape index (κ2) is 27.1. The van der Waals surface area contributed by atoms with Crippen molar-refractivity contribution >= 4 is 47.8 Å². The topological polar surface area (TPSA) is 220 Å². The second-order valence-corrected chi connectivity index (χ2v) is 17.1. The van der Waals surface area contributed by atoms with Gasteiger partial charge >= 0.3 is 47.8 Å². The van der Waals surface area contributed by atoms with Crippen molar-refractivity contribution < 1.29 is 85.4 Å². The highest BCUT2D eigenvalue weighted by Gasteiger charge is 2.40. The van der Waals surface area contributed by atoms with Gasteiger partial charge in [-0.1, -0.05) is 70.0 Å². The molecule has 0 atom stereocenters. The lowest BCUT2D eigenvalue weighted by Gasteiger charge is -2.31. The van der Waals surface area contributed by atoms with Gasteiger partial charge in [0.25, 0.3) is 0 Å². The molecule has 3 aromatic rings. The third-order valence-corrected chi connectivity index (χ3v) is 11.5. The second-order valence-electron chi connectivity index (χ2n) is 17.1. The molecule has 0 saturated heterocycles. The molecule has 0 radical (unpaired) electrons. The van der Waals surface area contributed by atoms with Gasteiger partial charge in [-0.2, -0.15) is 0 Å². The summed E-state index contributed by atoms with van der Waals surface area (Å²) in [6.07, 6.45) is 8.85. The van der Waals surface area contributed by atoms with Crippen LogP contribution >= 0.6 is 0 Å². The zero-order valence-corrected chi connectivity index (χ0v) is 41.0. The number of hydrogen-bond acceptors (Lipinski definition) is 17. The number of benzene rings is 3. The first-order valence-electron chi connectivity index (χ1n) is 23.2. The van der Waals surface area contributed by atoms with E-state index in [0.29, 0.717) is 11.5 Å². The Kier molecular flexibility index (Phi) is 21.5. The van der Waals surface area contributed by atoms with E-state index in [0.717, 1.165) is 38.4 Å². The standard InChI is InChI=1S/C53H61FO17/c1-9-12-13-14-34-15-17-35(18-16-34)37-21-24-39(42(54)25-37)41-27-43(70-45(55)32(4)5)40(26-44(41)71-46(56)33(6)7)36-19-22-38(23-20-36)66-28-53(29-67-48(58)47(57)63-8,30-68-51(61)49(59)64-10-2)31-69-52(62)50(60)65-11-3/h19-27,34-35H,4,6,9-18,28-31H2,1-3,5,7-8H3. The molecule has 0 N–H and O–H groups in total. The summed E-state index contributed by atoms with van der Waals surface area (Å²) in [4.78, 5) is 99.9. The summed E-state index contributed by atoms with van der Waals surface area (Å²) in [5, 5.41) is 0. The van der Waals surface area contributed by atoms with Crippen molar-refractivity contribution in [3.05, 3.63) is 90.3 Å². The van der Waals surface area contributed by atoms with Gasteiger partial charge in [-0.3, -0.25) is 0 Å². The lowest BCUT2D eigenvalue weighted by Crippen LogP contribution is -2.45. The first-order chi connectivity index (χ1) is 33.8. The average Bonchev–Trinajstić information content (AvgIpc) is 3.36. The fourth-order valence-electron chi connectivity index (χ4n) is 7.52. The van der Waals surface area contributed by atoms with E-state index >= 15 is 4.39 Å². The summed E-state index contributed by atoms with van der Waals surface area (Å²) >= 11 is 0. The predicted octanol–water partition coefficient (Wildman–Crippen LogP) is 8.27. The first-order valence-corrected chi connectivity index (χ1v) is 23.2. The molecule has 1 aliphatic carbocycles. The third-order valence-electron chi connectivity index (χ3n) is 11.5. The Morgan fingerprint density at radius 1 is 0.577 bits per heavy atom. The Morgan fingerprint density at radius 2 is 1.07 bits per heavy atom. The lowest BCUT2D eigenvalue weighted by atomic mass is 9.77. The molecule has 71 heavy (non-hydrogen) atoms. The minimum absolute atomic E-state index is 0.0521. The number of unbranched alkanes of at least 4 members (excludes halogenated alkanes) is 2. The van der Waals surface area contributed by atoms with Crippen LogP contribution < -0.4 is 14.2 Å². The number of carbonyl (C=O) groups excluding carboxylic acids is 8. The van der Waals surface area contributed by atoms with E-state index in [9.17, 15) is 38.4 Å². The molecule has 4 rings (SSSR count). The van der Waals surface area contributed by atoms with E-state index in [4.69, 9.17) is 28.4 Å². The van der Waals surface area contributed by atoms with Gasteiger partial charge in [0.05, 0.1) is 20.3 Å². The zero-order chi connectivity index (χ0) is 52.3. The van der Waals surface area contributed by atoms with E-state index in [1.54, 1.807) is 6.07 Å². The molecule has 0 heterocycles. The van der Waals surface area contributed by atoms with Crippen LogP contribution in [0.15, 0.2) is 78.9 Å². The smallest absolute Gasteiger partial charge is 0.417 e. The van der Waals surface area contributed by atoms with Gasteiger partial charge in [-0.15, -0.1) is 0 Å². The van der Waals surface area contributed by atoms with Crippen LogP contribution in [0.5, 0.6) is 17.2 Å². The summed E-state index contributed by atoms with van der Waals surface area (Å²) in [7, 11) is 0.919. The van der Waals surface area contributed by atoms with Crippen LogP contribution in [-0.4, -0.2) is 94.5 Å². The quantitative estimate of drug-likeness (QED) is 0.0231. The molecule has 17 nitrogen and oxygen atoms in total. The van der Waals surface area contributed by atoms with Crippen molar-refractivity contribution in [2.75, 3.05) is 46.8 Å². The van der Waals surface area contributed by atoms with Crippen LogP contribution in [0, 0.1) is 17.2 Å². The Balaban J connectivity index is 1.74. The number of esters is 8. The van der Waals surface area contributed by atoms with Crippen LogP contribution in [0.4, 0.5) is 4.39 Å². The Hall–Kier alpha value is -7.37. The maximum atomic E-state index is 16.4. The molecule has 0 aromatic heterocycles. The monoisotopic (exact) mass is 988 g/mol. The Morgan fingerprint density at radius 3 is 1.55 bits per heavy atom. The van der Waals surface area contributed by atoms with Crippen molar-refractivity contribution in [2.24, 2.45) is 11.3 Å². The molecular formula is C53H61FO17. The fourth-order valence-corrected chi connectivity index (χ4v) is 7.52. The number of methoxy groups -OCH3 is 1. The van der Waals surface area contributed by atoms with Gasteiger partial charge in [0.15, 0.2) is 0 Å². The number of rotatable bonds is 22. The van der Waals surface area contributed by atoms with Gasteiger partial charge in [-0.25, -0.2) is 42.7 Å². The molecule has 0 unspecified atom stereocenters. The van der Waals surface area contributed by atoms with Gasteiger partial charge in [-0.05, 0) is 107 Å². The SMILES string of the molecule is C=C(C)C(=O)Oc1cc(-c2ccc(C3CCC(CCCCC)CC3)cc2F)c(OC(=O)C(=C)C)cc1-c1ccc(OCC(COC(=O)C(=O)OC)(COC(=O)C(=O)OCC)COC(=O)C(=O)OCC)cc1. The van der Waals surface area contributed by atoms with Crippen LogP contribution in [0.25, 0.3) is 22.3 Å². The van der Waals surface area contributed by atoms with Crippen LogP contribution in [0.3, 0.4) is 0 Å². The molecule has 18 heteroatoms. The molecule has 0 amide bonds. The van der Waals surface area contributed by atoms with Crippen LogP contribution in [-0.2, 0) is 66.8 Å². The highest BCUT2D eigenvalue weighted by molar-refractivity contribution is 6.30. The van der Waals surface area contributed by atoms with Crippen molar-refractivity contribution in [1.82, 2.24) is 0 Å². The van der Waals surface area contributed by atoms with Crippen molar-refractivity contribution in [3.8, 4) is 39.5 Å². The molecule has 1 fully saturated rings. The van der Waals surface area contributed by atoms with Crippen molar-refractivity contribution in [1.29, 1.82) is 0 Å². The summed E-state index contributed by atoms with van der Waals surface area (Å²) in [6, 6.07) is 13.7. The van der Waals surface area contributed by atoms with Gasteiger partial charge < -0.3 is 42.6 Å². The molecule has 3 aromatic carbocycles. The highest BCUT2D eigenvalue weighted by Crippen LogP contribution is 2.44. The van der Waals surface area contributed by atoms with Crippen LogP contribution in [0.2, 0.25) is 0 Å². The van der Waals surface area contributed by atoms with Gasteiger partial charge in [0, 0.05) is 27.8 Å². The molecule has 1 saturated carbocycles. The molecule has 0 aliphatic heterocycles. The van der Waals surface area contributed by atoms with Gasteiger partial charge in [0.1, 0.15) is 54.9 Å². The lowest BCUT2D eigenvalue weighted by molar-refractivity contribution is -0.181. The zero-order valence-electron chi connectivity index (χ0n) is 41.0. The molecular weight excluding hydrogens is 928 g/mol. The number of ether oxygens (including phenoxy) is 9. The van der Waals surface area contributed by atoms with E-state index in [-0.39, 0.29) is 64.2 Å². The first kappa shape index (κ1) is 56.2. The van der Waals surface area contributed by atoms with Crippen LogP contribution in [0.1, 0.15) is 97.5 Å². The van der Waals surface area contributed by atoms with Crippen molar-refractivity contribution in [2.45, 2.75) is 91.9 Å². The molecule has 382 valence electrons. The Labute approximate surface area is 411 Å². The van der Waals surface area contributed by atoms with E-state index in [1.807, 2.05) is 6.07 Å². The number of carbonyl (C=O) groups is 8. The third kappa shape index (κ3) is 16.4. The summed E-state index contributed by atoms with van der Waals surface area (Å²) in [6.45, 7) is 11.7. The van der Waals surface area contributed by atoms with E-state index in [1.165, 1.54) is 95.8 Å². The maximum Gasteiger partial charge on any atom is 0.417 e. The molecule has 1 aliphatic rings. The minimum atomic E-state index is -1.92. The number of hydrogen-bond donors (Lipinski definition) is 0. The maximum absolute atomic E-state index is 16.4. The minimum Gasteiger partial charge on any atom is -0.493 e. The largest absolute Gasteiger partial charge is 0.493 e. The summed E-state index contributed by atoms with van der Waals surface area (Å²) < 4.78 is 63.2. The predicted molar refractivity (Wildman–Crippen MR) is 253 cm³/mol. The molecule has 0 spiro atoms. The number of halogens is 1. The summed E-state index contributed by atoms with van der Waals surface area (Å²) in [5.41, 5.74) is -0.211. The van der Waals surface area contributed by atoms with E-state index in [2.05, 4.69) is 34.3 Å². The average molecular weight is 989 g/mol. The highest BCUT2D eigenvalue weighted by atomic mass is 19.1. The Bertz CT molecular complexity index is 2410. The van der Waals surface area contributed by atoms with Gasteiger partial charge in [0.2, 0.25) is 0 Å². The van der Waals surface area contributed by atoms with Crippen molar-refractivity contribution in [3.63, 3.8) is 0 Å². The fraction of sp³-hybridized carbons (Fsp3) is 0.434. The summed E-state index contributed by atoms with van der Waals surface area (Å²) in [5.74, 6) is -10.0. The molecule has 0 bridgehead atoms. The normalized spacial score (nSPS) is 14.2. The van der Waals surface area contributed by atoms with E-state index < -0.39 is 85.4 Å².